The van der Waals surface area contributed by atoms with Crippen LogP contribution in [-0.4, -0.2) is 6.54 Å². The van der Waals surface area contributed by atoms with E-state index in [1.54, 1.807) is 12.1 Å². The highest BCUT2D eigenvalue weighted by atomic mass is 14.9. The Bertz CT molecular complexity index is 383. The third-order valence-corrected chi connectivity index (χ3v) is 2.00. The van der Waals surface area contributed by atoms with Crippen molar-refractivity contribution in [3.8, 4) is 6.07 Å². The zero-order chi connectivity index (χ0) is 11.5. The second-order valence-electron chi connectivity index (χ2n) is 4.83. The van der Waals surface area contributed by atoms with Crippen LogP contribution in [-0.2, 0) is 0 Å². The summed E-state index contributed by atoms with van der Waals surface area (Å²) >= 11 is 0. The lowest BCUT2D eigenvalue weighted by molar-refractivity contribution is 0.443. The first-order valence-electron chi connectivity index (χ1n) is 4.96. The molecule has 0 aliphatic rings. The number of rotatable bonds is 2. The summed E-state index contributed by atoms with van der Waals surface area (Å²) in [6, 6.07) is 7.49. The fourth-order valence-electron chi connectivity index (χ4n) is 1.13. The first kappa shape index (κ1) is 11.4. The number of nitrogens with one attached hydrogen (secondary N) is 1. The van der Waals surface area contributed by atoms with Crippen molar-refractivity contribution in [2.45, 2.75) is 20.8 Å². The summed E-state index contributed by atoms with van der Waals surface area (Å²) in [5.74, 6) is 0. The van der Waals surface area contributed by atoms with E-state index < -0.39 is 0 Å². The largest absolute Gasteiger partial charge is 0.398 e. The third kappa shape index (κ3) is 3.51. The quantitative estimate of drug-likeness (QED) is 0.726. The van der Waals surface area contributed by atoms with Gasteiger partial charge in [0.05, 0.1) is 5.56 Å². The molecule has 3 nitrogen and oxygen atoms in total. The van der Waals surface area contributed by atoms with Crippen molar-refractivity contribution >= 4 is 11.4 Å². The molecule has 0 radical (unpaired) electrons. The molecule has 0 aliphatic heterocycles. The monoisotopic (exact) mass is 203 g/mol. The lowest BCUT2D eigenvalue weighted by Gasteiger charge is -2.19. The van der Waals surface area contributed by atoms with Crippen molar-refractivity contribution in [3.63, 3.8) is 0 Å². The first-order valence-corrected chi connectivity index (χ1v) is 4.96. The van der Waals surface area contributed by atoms with Gasteiger partial charge in [-0.2, -0.15) is 5.26 Å². The fourth-order valence-corrected chi connectivity index (χ4v) is 1.13. The van der Waals surface area contributed by atoms with Crippen LogP contribution in [0, 0.1) is 16.7 Å². The van der Waals surface area contributed by atoms with Gasteiger partial charge >= 0.3 is 0 Å². The molecule has 80 valence electrons. The van der Waals surface area contributed by atoms with Gasteiger partial charge in [0.1, 0.15) is 6.07 Å². The lowest BCUT2D eigenvalue weighted by atomic mass is 9.97. The highest BCUT2D eigenvalue weighted by Gasteiger charge is 2.09. The molecule has 0 saturated carbocycles. The molecule has 1 aromatic carbocycles. The smallest absolute Gasteiger partial charge is 0.101 e. The zero-order valence-electron chi connectivity index (χ0n) is 9.46. The Morgan fingerprint density at radius 3 is 2.60 bits per heavy atom. The van der Waals surface area contributed by atoms with Crippen LogP contribution in [0.2, 0.25) is 0 Å². The predicted molar refractivity (Wildman–Crippen MR) is 63.5 cm³/mol. The van der Waals surface area contributed by atoms with Crippen LogP contribution < -0.4 is 11.1 Å². The molecule has 0 fully saturated rings. The van der Waals surface area contributed by atoms with Crippen LogP contribution in [0.15, 0.2) is 18.2 Å². The van der Waals surface area contributed by atoms with E-state index >= 15 is 0 Å². The maximum Gasteiger partial charge on any atom is 0.101 e. The summed E-state index contributed by atoms with van der Waals surface area (Å²) in [5, 5.41) is 12.1. The van der Waals surface area contributed by atoms with Gasteiger partial charge in [-0.1, -0.05) is 20.8 Å². The average molecular weight is 203 g/mol. The normalized spacial score (nSPS) is 10.8. The molecular formula is C12H17N3. The van der Waals surface area contributed by atoms with Crippen LogP contribution in [0.25, 0.3) is 0 Å². The Kier molecular flexibility index (Phi) is 3.21. The van der Waals surface area contributed by atoms with Gasteiger partial charge in [-0.05, 0) is 23.6 Å². The SMILES string of the molecule is CC(C)(C)CNc1ccc(N)c(C#N)c1. The van der Waals surface area contributed by atoms with Crippen molar-refractivity contribution in [2.75, 3.05) is 17.6 Å². The van der Waals surface area contributed by atoms with Crippen molar-refractivity contribution in [3.05, 3.63) is 23.8 Å². The van der Waals surface area contributed by atoms with E-state index in [0.717, 1.165) is 12.2 Å². The topological polar surface area (TPSA) is 61.8 Å². The molecule has 0 heterocycles. The van der Waals surface area contributed by atoms with Gasteiger partial charge in [-0.25, -0.2) is 0 Å². The number of benzene rings is 1. The Morgan fingerprint density at radius 1 is 1.40 bits per heavy atom. The van der Waals surface area contributed by atoms with Crippen LogP contribution in [0.3, 0.4) is 0 Å². The van der Waals surface area contributed by atoms with E-state index in [1.165, 1.54) is 0 Å². The summed E-state index contributed by atoms with van der Waals surface area (Å²) in [6.07, 6.45) is 0. The molecule has 0 saturated heterocycles. The maximum absolute atomic E-state index is 8.81. The molecule has 0 aliphatic carbocycles. The van der Waals surface area contributed by atoms with Crippen molar-refractivity contribution in [1.29, 1.82) is 5.26 Å². The van der Waals surface area contributed by atoms with E-state index in [1.807, 2.05) is 6.07 Å². The van der Waals surface area contributed by atoms with E-state index in [4.69, 9.17) is 11.0 Å². The van der Waals surface area contributed by atoms with E-state index in [-0.39, 0.29) is 5.41 Å². The number of nitriles is 1. The Hall–Kier alpha value is -1.69. The Labute approximate surface area is 90.9 Å². The Balaban J connectivity index is 2.76. The molecule has 1 rings (SSSR count). The minimum Gasteiger partial charge on any atom is -0.398 e. The number of nitrogen functional groups attached to an aromatic ring is 1. The van der Waals surface area contributed by atoms with E-state index in [0.29, 0.717) is 11.3 Å². The van der Waals surface area contributed by atoms with E-state index in [9.17, 15) is 0 Å². The van der Waals surface area contributed by atoms with Gasteiger partial charge in [-0.15, -0.1) is 0 Å². The molecule has 0 spiro atoms. The van der Waals surface area contributed by atoms with Gasteiger partial charge < -0.3 is 11.1 Å². The number of anilines is 2. The number of hydrogen-bond donors (Lipinski definition) is 2. The molecule has 0 atom stereocenters. The second-order valence-corrected chi connectivity index (χ2v) is 4.83. The van der Waals surface area contributed by atoms with Crippen LogP contribution in [0.5, 0.6) is 0 Å². The first-order chi connectivity index (χ1) is 6.92. The molecule has 3 N–H and O–H groups in total. The van der Waals surface area contributed by atoms with Gasteiger partial charge in [0.15, 0.2) is 0 Å². The van der Waals surface area contributed by atoms with Gasteiger partial charge in [0.2, 0.25) is 0 Å². The van der Waals surface area contributed by atoms with Crippen LogP contribution in [0.1, 0.15) is 26.3 Å². The number of hydrogen-bond acceptors (Lipinski definition) is 3. The molecule has 0 unspecified atom stereocenters. The van der Waals surface area contributed by atoms with Gasteiger partial charge in [0.25, 0.3) is 0 Å². The molecule has 0 amide bonds. The van der Waals surface area contributed by atoms with Crippen LogP contribution in [0.4, 0.5) is 11.4 Å². The predicted octanol–water partition coefficient (Wildman–Crippen LogP) is 2.60. The maximum atomic E-state index is 8.81. The molecule has 0 aromatic heterocycles. The van der Waals surface area contributed by atoms with Gasteiger partial charge in [-0.3, -0.25) is 0 Å². The highest BCUT2D eigenvalue weighted by Crippen LogP contribution is 2.19. The summed E-state index contributed by atoms with van der Waals surface area (Å²) < 4.78 is 0. The molecule has 3 heteroatoms. The zero-order valence-corrected chi connectivity index (χ0v) is 9.46. The van der Waals surface area contributed by atoms with Crippen molar-refractivity contribution < 1.29 is 0 Å². The van der Waals surface area contributed by atoms with Crippen molar-refractivity contribution in [2.24, 2.45) is 5.41 Å². The lowest BCUT2D eigenvalue weighted by Crippen LogP contribution is -2.19. The molecule has 15 heavy (non-hydrogen) atoms. The number of nitrogens with zero attached hydrogens (tertiary/aromatic N) is 1. The summed E-state index contributed by atoms with van der Waals surface area (Å²) in [7, 11) is 0. The molecular weight excluding hydrogens is 186 g/mol. The summed E-state index contributed by atoms with van der Waals surface area (Å²) in [4.78, 5) is 0. The summed E-state index contributed by atoms with van der Waals surface area (Å²) in [6.45, 7) is 7.33. The number of nitrogens with two attached hydrogens (primary N) is 1. The van der Waals surface area contributed by atoms with Crippen molar-refractivity contribution in [1.82, 2.24) is 0 Å². The minimum atomic E-state index is 0.216. The molecule has 1 aromatic rings. The minimum absolute atomic E-state index is 0.216. The van der Waals surface area contributed by atoms with Crippen LogP contribution >= 0.6 is 0 Å². The second kappa shape index (κ2) is 4.22. The highest BCUT2D eigenvalue weighted by molar-refractivity contribution is 5.61. The standard InChI is InChI=1S/C12H17N3/c1-12(2,3)8-15-10-4-5-11(14)9(6-10)7-13/h4-6,15H,8,14H2,1-3H3. The van der Waals surface area contributed by atoms with E-state index in [2.05, 4.69) is 32.2 Å². The van der Waals surface area contributed by atoms with Gasteiger partial charge in [0, 0.05) is 17.9 Å². The third-order valence-electron chi connectivity index (χ3n) is 2.00. The Morgan fingerprint density at radius 2 is 2.07 bits per heavy atom. The fraction of sp³-hybridized carbons (Fsp3) is 0.417. The molecule has 0 bridgehead atoms. The average Bonchev–Trinajstić information content (AvgIpc) is 2.15. The summed E-state index contributed by atoms with van der Waals surface area (Å²) in [5.41, 5.74) is 7.84.